The fourth-order valence-corrected chi connectivity index (χ4v) is 1.37. The van der Waals surface area contributed by atoms with E-state index in [-0.39, 0.29) is 28.8 Å². The van der Waals surface area contributed by atoms with Gasteiger partial charge < -0.3 is 15.2 Å². The number of carbonyl (C=O) groups is 2. The van der Waals surface area contributed by atoms with Crippen molar-refractivity contribution in [2.24, 2.45) is 0 Å². The lowest BCUT2D eigenvalue weighted by Crippen LogP contribution is -2.19. The predicted octanol–water partition coefficient (Wildman–Crippen LogP) is 0.722. The Bertz CT molecular complexity index is 642. The van der Waals surface area contributed by atoms with Crippen LogP contribution in [0.4, 0.5) is 0 Å². The molecule has 0 spiro atoms. The first-order valence-corrected chi connectivity index (χ1v) is 5.53. The second kappa shape index (κ2) is 5.74. The van der Waals surface area contributed by atoms with Crippen molar-refractivity contribution in [3.8, 4) is 11.6 Å². The number of nitrogens with zero attached hydrogens (tertiary/aromatic N) is 3. The summed E-state index contributed by atoms with van der Waals surface area (Å²) in [5, 5.41) is 18.8. The molecule has 20 heavy (non-hydrogen) atoms. The predicted molar refractivity (Wildman–Crippen MR) is 66.7 cm³/mol. The number of carboxylic acids is 1. The number of rotatable bonds is 4. The lowest BCUT2D eigenvalue weighted by Gasteiger charge is -2.06. The maximum absolute atomic E-state index is 11.3. The highest BCUT2D eigenvalue weighted by molar-refractivity contribution is 5.92. The summed E-state index contributed by atoms with van der Waals surface area (Å²) in [6.07, 6.45) is 2.61. The smallest absolute Gasteiger partial charge is 0.339 e. The molecule has 0 fully saturated rings. The van der Waals surface area contributed by atoms with E-state index in [2.05, 4.69) is 20.5 Å². The molecule has 8 nitrogen and oxygen atoms in total. The molecule has 0 aromatic carbocycles. The van der Waals surface area contributed by atoms with Crippen molar-refractivity contribution in [1.29, 1.82) is 0 Å². The fourth-order valence-electron chi connectivity index (χ4n) is 1.37. The van der Waals surface area contributed by atoms with Crippen LogP contribution in [0.1, 0.15) is 20.8 Å². The largest absolute Gasteiger partial charge is 0.478 e. The number of ether oxygens (including phenoxy) is 1. The Hall–Kier alpha value is -3.03. The van der Waals surface area contributed by atoms with Gasteiger partial charge in [-0.05, 0) is 12.1 Å². The Morgan fingerprint density at radius 2 is 2.05 bits per heavy atom. The molecule has 0 saturated heterocycles. The van der Waals surface area contributed by atoms with Gasteiger partial charge in [0.25, 0.3) is 5.91 Å². The zero-order chi connectivity index (χ0) is 14.5. The molecule has 0 atom stereocenters. The van der Waals surface area contributed by atoms with Gasteiger partial charge in [0.15, 0.2) is 11.4 Å². The minimum atomic E-state index is -1.14. The van der Waals surface area contributed by atoms with E-state index in [1.54, 1.807) is 0 Å². The van der Waals surface area contributed by atoms with E-state index in [0.29, 0.717) is 0 Å². The van der Waals surface area contributed by atoms with Gasteiger partial charge in [0.1, 0.15) is 5.56 Å². The Balaban J connectivity index is 2.23. The third kappa shape index (κ3) is 2.86. The third-order valence-corrected chi connectivity index (χ3v) is 2.33. The molecular weight excluding hydrogens is 264 g/mol. The molecule has 0 aliphatic heterocycles. The zero-order valence-electron chi connectivity index (χ0n) is 10.4. The number of pyridine rings is 1. The maximum atomic E-state index is 11.3. The van der Waals surface area contributed by atoms with Crippen LogP contribution < -0.4 is 10.1 Å². The molecule has 2 aromatic heterocycles. The Labute approximate surface area is 113 Å². The van der Waals surface area contributed by atoms with Crippen LogP contribution in [0.5, 0.6) is 11.6 Å². The minimum absolute atomic E-state index is 0.0435. The molecule has 8 heteroatoms. The average Bonchev–Trinajstić information content (AvgIpc) is 2.47. The van der Waals surface area contributed by atoms with E-state index in [9.17, 15) is 9.59 Å². The number of nitrogens with one attached hydrogen (secondary N) is 1. The van der Waals surface area contributed by atoms with Crippen molar-refractivity contribution in [3.63, 3.8) is 0 Å². The number of aromatic carboxylic acids is 1. The summed E-state index contributed by atoms with van der Waals surface area (Å²) in [7, 11) is 1.48. The third-order valence-electron chi connectivity index (χ3n) is 2.33. The van der Waals surface area contributed by atoms with Crippen LogP contribution in [0.15, 0.2) is 30.6 Å². The van der Waals surface area contributed by atoms with E-state index in [1.807, 2.05) is 0 Å². The van der Waals surface area contributed by atoms with Crippen LogP contribution in [0.2, 0.25) is 0 Å². The molecule has 2 N–H and O–H groups in total. The summed E-state index contributed by atoms with van der Waals surface area (Å²) in [5.74, 6) is -1.41. The fraction of sp³-hybridized carbons (Fsp3) is 0.0833. The molecule has 0 aliphatic carbocycles. The van der Waals surface area contributed by atoms with E-state index >= 15 is 0 Å². The first kappa shape index (κ1) is 13.4. The van der Waals surface area contributed by atoms with Crippen molar-refractivity contribution in [3.05, 3.63) is 41.9 Å². The van der Waals surface area contributed by atoms with Crippen LogP contribution >= 0.6 is 0 Å². The second-order valence-corrected chi connectivity index (χ2v) is 3.61. The SMILES string of the molecule is CNC(=O)c1ccc(Oc2cnccc2C(=O)O)nn1. The Morgan fingerprint density at radius 1 is 1.25 bits per heavy atom. The topological polar surface area (TPSA) is 114 Å². The van der Waals surface area contributed by atoms with E-state index in [4.69, 9.17) is 9.84 Å². The van der Waals surface area contributed by atoms with Gasteiger partial charge in [0.2, 0.25) is 5.88 Å². The molecule has 0 bridgehead atoms. The molecule has 2 aromatic rings. The monoisotopic (exact) mass is 274 g/mol. The molecule has 102 valence electrons. The number of carboxylic acid groups (broad SMARTS) is 1. The first-order valence-electron chi connectivity index (χ1n) is 5.53. The molecule has 0 radical (unpaired) electrons. The van der Waals surface area contributed by atoms with Gasteiger partial charge in [-0.1, -0.05) is 0 Å². The summed E-state index contributed by atoms with van der Waals surface area (Å²) >= 11 is 0. The normalized spacial score (nSPS) is 9.85. The molecular formula is C12H10N4O4. The van der Waals surface area contributed by atoms with Crippen molar-refractivity contribution in [2.75, 3.05) is 7.05 Å². The second-order valence-electron chi connectivity index (χ2n) is 3.61. The van der Waals surface area contributed by atoms with Crippen molar-refractivity contribution in [1.82, 2.24) is 20.5 Å². The highest BCUT2D eigenvalue weighted by atomic mass is 16.5. The molecule has 2 rings (SSSR count). The van der Waals surface area contributed by atoms with Crippen LogP contribution in [0.3, 0.4) is 0 Å². The molecule has 1 amide bonds. The maximum Gasteiger partial charge on any atom is 0.339 e. The molecule has 2 heterocycles. The van der Waals surface area contributed by atoms with Gasteiger partial charge in [-0.25, -0.2) is 4.79 Å². The Morgan fingerprint density at radius 3 is 2.65 bits per heavy atom. The molecule has 0 unspecified atom stereocenters. The molecule has 0 aliphatic rings. The van der Waals surface area contributed by atoms with Gasteiger partial charge in [-0.15, -0.1) is 10.2 Å². The van der Waals surface area contributed by atoms with E-state index in [1.165, 1.54) is 37.6 Å². The number of hydrogen-bond acceptors (Lipinski definition) is 6. The molecule has 0 saturated carbocycles. The number of aromatic nitrogens is 3. The van der Waals surface area contributed by atoms with Crippen LogP contribution in [0, 0.1) is 0 Å². The highest BCUT2D eigenvalue weighted by Gasteiger charge is 2.13. The standard InChI is InChI=1S/C12H10N4O4/c1-13-11(17)8-2-3-10(16-15-8)20-9-6-14-5-4-7(9)12(18)19/h2-6H,1H3,(H,13,17)(H,18,19). The van der Waals surface area contributed by atoms with Crippen molar-refractivity contribution < 1.29 is 19.4 Å². The van der Waals surface area contributed by atoms with Crippen molar-refractivity contribution in [2.45, 2.75) is 0 Å². The summed E-state index contributed by atoms with van der Waals surface area (Å²) < 4.78 is 5.29. The van der Waals surface area contributed by atoms with Gasteiger partial charge in [0, 0.05) is 19.3 Å². The van der Waals surface area contributed by atoms with Crippen molar-refractivity contribution >= 4 is 11.9 Å². The number of carbonyl (C=O) groups excluding carboxylic acids is 1. The van der Waals surface area contributed by atoms with Crippen LogP contribution in [0.25, 0.3) is 0 Å². The first-order chi connectivity index (χ1) is 9.61. The number of hydrogen-bond donors (Lipinski definition) is 2. The van der Waals surface area contributed by atoms with Crippen LogP contribution in [-0.4, -0.2) is 39.2 Å². The lowest BCUT2D eigenvalue weighted by atomic mass is 10.2. The average molecular weight is 274 g/mol. The van der Waals surface area contributed by atoms with E-state index in [0.717, 1.165) is 0 Å². The zero-order valence-corrected chi connectivity index (χ0v) is 10.4. The summed E-state index contributed by atoms with van der Waals surface area (Å²) in [6.45, 7) is 0. The highest BCUT2D eigenvalue weighted by Crippen LogP contribution is 2.22. The van der Waals surface area contributed by atoms with Crippen LogP contribution in [-0.2, 0) is 0 Å². The quantitative estimate of drug-likeness (QED) is 0.844. The Kier molecular flexibility index (Phi) is 3.85. The summed E-state index contributed by atoms with van der Waals surface area (Å²) in [4.78, 5) is 26.1. The van der Waals surface area contributed by atoms with Gasteiger partial charge in [-0.2, -0.15) is 0 Å². The summed E-state index contributed by atoms with van der Waals surface area (Å²) in [5.41, 5.74) is 0.0849. The minimum Gasteiger partial charge on any atom is -0.478 e. The van der Waals surface area contributed by atoms with Gasteiger partial charge >= 0.3 is 5.97 Å². The van der Waals surface area contributed by atoms with Gasteiger partial charge in [0.05, 0.1) is 6.20 Å². The van der Waals surface area contributed by atoms with E-state index < -0.39 is 5.97 Å². The van der Waals surface area contributed by atoms with Gasteiger partial charge in [-0.3, -0.25) is 9.78 Å². The lowest BCUT2D eigenvalue weighted by molar-refractivity contribution is 0.0693. The summed E-state index contributed by atoms with van der Waals surface area (Å²) in [6, 6.07) is 4.14. The number of amides is 1.